The molecule has 1 N–H and O–H groups in total. The summed E-state index contributed by atoms with van der Waals surface area (Å²) in [7, 11) is 0. The lowest BCUT2D eigenvalue weighted by atomic mass is 10.2. The minimum atomic E-state index is -0.427. The number of para-hydroxylation sites is 1. The molecule has 0 atom stereocenters. The zero-order chi connectivity index (χ0) is 18.5. The van der Waals surface area contributed by atoms with Gasteiger partial charge in [0.1, 0.15) is 0 Å². The summed E-state index contributed by atoms with van der Waals surface area (Å²) in [5, 5.41) is 13.9. The van der Waals surface area contributed by atoms with Crippen molar-refractivity contribution in [2.75, 3.05) is 5.32 Å². The number of aromatic nitrogens is 1. The third-order valence-corrected chi connectivity index (χ3v) is 4.12. The molecule has 1 heterocycles. The average molecular weight is 369 g/mol. The van der Waals surface area contributed by atoms with Crippen molar-refractivity contribution >= 4 is 28.9 Å². The standard InChI is InChI=1S/C19H14ClN3O3/c20-17-3-1-2-4-18(17)21-19(24)15-9-11-22(12-10-15)13-14-5-7-16(8-6-14)23(25)26/h1-12H,13H2/p+1. The maximum absolute atomic E-state index is 12.3. The van der Waals surface area contributed by atoms with Crippen LogP contribution in [0, 0.1) is 10.1 Å². The van der Waals surface area contributed by atoms with Crippen molar-refractivity contribution in [2.24, 2.45) is 0 Å². The van der Waals surface area contributed by atoms with E-state index >= 15 is 0 Å². The van der Waals surface area contributed by atoms with E-state index < -0.39 is 4.92 Å². The van der Waals surface area contributed by atoms with Gasteiger partial charge in [-0.3, -0.25) is 14.9 Å². The number of nitro benzene ring substituents is 1. The van der Waals surface area contributed by atoms with Crippen LogP contribution in [0.1, 0.15) is 15.9 Å². The fourth-order valence-corrected chi connectivity index (χ4v) is 2.59. The van der Waals surface area contributed by atoms with Gasteiger partial charge in [0, 0.05) is 29.8 Å². The Morgan fingerprint density at radius 3 is 2.31 bits per heavy atom. The molecule has 2 aromatic carbocycles. The number of carbonyl (C=O) groups is 1. The highest BCUT2D eigenvalue weighted by atomic mass is 35.5. The van der Waals surface area contributed by atoms with E-state index in [1.54, 1.807) is 60.9 Å². The number of nitrogens with zero attached hydrogens (tertiary/aromatic N) is 2. The molecule has 1 amide bonds. The number of non-ortho nitro benzene ring substituents is 1. The van der Waals surface area contributed by atoms with Crippen LogP contribution in [0.5, 0.6) is 0 Å². The molecule has 1 aromatic heterocycles. The number of hydrogen-bond donors (Lipinski definition) is 1. The zero-order valence-corrected chi connectivity index (χ0v) is 14.4. The van der Waals surface area contributed by atoms with Gasteiger partial charge in [0.25, 0.3) is 11.6 Å². The van der Waals surface area contributed by atoms with Gasteiger partial charge >= 0.3 is 0 Å². The number of nitrogens with one attached hydrogen (secondary N) is 1. The first-order chi connectivity index (χ1) is 12.5. The number of carbonyl (C=O) groups excluding carboxylic acids is 1. The van der Waals surface area contributed by atoms with Crippen LogP contribution < -0.4 is 9.88 Å². The van der Waals surface area contributed by atoms with E-state index in [9.17, 15) is 14.9 Å². The molecule has 130 valence electrons. The second-order valence-electron chi connectivity index (χ2n) is 5.62. The van der Waals surface area contributed by atoms with Gasteiger partial charge in [-0.05, 0) is 24.3 Å². The highest BCUT2D eigenvalue weighted by Gasteiger charge is 2.11. The molecule has 0 bridgehead atoms. The molecule has 0 radical (unpaired) electrons. The molecule has 0 aliphatic heterocycles. The summed E-state index contributed by atoms with van der Waals surface area (Å²) in [5.74, 6) is -0.249. The van der Waals surface area contributed by atoms with E-state index in [1.165, 1.54) is 12.1 Å². The molecule has 0 aliphatic rings. The van der Waals surface area contributed by atoms with Crippen LogP contribution in [0.2, 0.25) is 5.02 Å². The molecule has 0 fully saturated rings. The Kier molecular flexibility index (Phi) is 5.24. The van der Waals surface area contributed by atoms with Crippen molar-refractivity contribution in [2.45, 2.75) is 6.54 Å². The summed E-state index contributed by atoms with van der Waals surface area (Å²) >= 11 is 6.04. The Morgan fingerprint density at radius 1 is 1.04 bits per heavy atom. The van der Waals surface area contributed by atoms with E-state index in [-0.39, 0.29) is 11.6 Å². The topological polar surface area (TPSA) is 76.1 Å². The van der Waals surface area contributed by atoms with Crippen molar-refractivity contribution in [3.8, 4) is 0 Å². The third kappa shape index (κ3) is 4.23. The van der Waals surface area contributed by atoms with E-state index in [4.69, 9.17) is 11.6 Å². The highest BCUT2D eigenvalue weighted by Crippen LogP contribution is 2.21. The SMILES string of the molecule is O=C(Nc1ccccc1Cl)c1cc[n+](Cc2ccc([N+](=O)[O-])cc2)cc1. The van der Waals surface area contributed by atoms with Crippen LogP contribution >= 0.6 is 11.6 Å². The fraction of sp³-hybridized carbons (Fsp3) is 0.0526. The number of rotatable bonds is 5. The van der Waals surface area contributed by atoms with Crippen LogP contribution in [-0.4, -0.2) is 10.8 Å². The van der Waals surface area contributed by atoms with Gasteiger partial charge < -0.3 is 5.32 Å². The van der Waals surface area contributed by atoms with Crippen LogP contribution in [0.25, 0.3) is 0 Å². The lowest BCUT2D eigenvalue weighted by Gasteiger charge is -2.06. The predicted octanol–water partition coefficient (Wildman–Crippen LogP) is 3.84. The first-order valence-corrected chi connectivity index (χ1v) is 8.19. The summed E-state index contributed by atoms with van der Waals surface area (Å²) in [5.41, 5.74) is 2.05. The number of anilines is 1. The lowest BCUT2D eigenvalue weighted by molar-refractivity contribution is -0.688. The van der Waals surface area contributed by atoms with Gasteiger partial charge in [0.2, 0.25) is 0 Å². The molecular formula is C19H15ClN3O3+. The van der Waals surface area contributed by atoms with Gasteiger partial charge in [-0.15, -0.1) is 0 Å². The molecule has 3 rings (SSSR count). The molecule has 3 aromatic rings. The second kappa shape index (κ2) is 7.76. The summed E-state index contributed by atoms with van der Waals surface area (Å²) in [6, 6.07) is 16.8. The molecular weight excluding hydrogens is 354 g/mol. The first-order valence-electron chi connectivity index (χ1n) is 7.81. The normalized spacial score (nSPS) is 10.3. The average Bonchev–Trinajstić information content (AvgIpc) is 2.64. The largest absolute Gasteiger partial charge is 0.321 e. The van der Waals surface area contributed by atoms with Crippen molar-refractivity contribution in [1.82, 2.24) is 0 Å². The monoisotopic (exact) mass is 368 g/mol. The number of benzene rings is 2. The van der Waals surface area contributed by atoms with Gasteiger partial charge in [0.05, 0.1) is 21.2 Å². The van der Waals surface area contributed by atoms with Crippen LogP contribution in [0.4, 0.5) is 11.4 Å². The van der Waals surface area contributed by atoms with Crippen LogP contribution in [0.15, 0.2) is 73.1 Å². The maximum Gasteiger partial charge on any atom is 0.269 e. The van der Waals surface area contributed by atoms with Crippen molar-refractivity contribution in [1.29, 1.82) is 0 Å². The summed E-state index contributed by atoms with van der Waals surface area (Å²) in [6.45, 7) is 0.546. The molecule has 0 unspecified atom stereocenters. The first kappa shape index (κ1) is 17.6. The Hall–Kier alpha value is -3.25. The van der Waals surface area contributed by atoms with Gasteiger partial charge in [-0.1, -0.05) is 23.7 Å². The van der Waals surface area contributed by atoms with Gasteiger partial charge in [-0.2, -0.15) is 0 Å². The van der Waals surface area contributed by atoms with E-state index in [2.05, 4.69) is 5.32 Å². The molecule has 26 heavy (non-hydrogen) atoms. The third-order valence-electron chi connectivity index (χ3n) is 3.79. The highest BCUT2D eigenvalue weighted by molar-refractivity contribution is 6.33. The van der Waals surface area contributed by atoms with Crippen LogP contribution in [0.3, 0.4) is 0 Å². The second-order valence-corrected chi connectivity index (χ2v) is 6.02. The van der Waals surface area contributed by atoms with Crippen molar-refractivity contribution in [3.05, 3.63) is 99.3 Å². The number of nitro groups is 1. The molecule has 7 heteroatoms. The summed E-state index contributed by atoms with van der Waals surface area (Å²) < 4.78 is 1.88. The lowest BCUT2D eigenvalue weighted by Crippen LogP contribution is -2.33. The minimum Gasteiger partial charge on any atom is -0.321 e. The fourth-order valence-electron chi connectivity index (χ4n) is 2.41. The van der Waals surface area contributed by atoms with E-state index in [1.807, 2.05) is 4.57 Å². The Morgan fingerprint density at radius 2 is 1.69 bits per heavy atom. The smallest absolute Gasteiger partial charge is 0.269 e. The molecule has 0 spiro atoms. The van der Waals surface area contributed by atoms with Crippen molar-refractivity contribution < 1.29 is 14.3 Å². The Labute approximate surface area is 154 Å². The number of pyridine rings is 1. The summed E-state index contributed by atoms with van der Waals surface area (Å²) in [4.78, 5) is 22.5. The van der Waals surface area contributed by atoms with E-state index in [0.29, 0.717) is 22.8 Å². The minimum absolute atomic E-state index is 0.0605. The van der Waals surface area contributed by atoms with Gasteiger partial charge in [0.15, 0.2) is 18.9 Å². The molecule has 0 saturated heterocycles. The quantitative estimate of drug-likeness (QED) is 0.422. The van der Waals surface area contributed by atoms with Crippen LogP contribution in [-0.2, 0) is 6.54 Å². The zero-order valence-electron chi connectivity index (χ0n) is 13.6. The van der Waals surface area contributed by atoms with Gasteiger partial charge in [-0.25, -0.2) is 4.57 Å². The summed E-state index contributed by atoms with van der Waals surface area (Å²) in [6.07, 6.45) is 3.56. The molecule has 0 aliphatic carbocycles. The Balaban J connectivity index is 1.67. The molecule has 6 nitrogen and oxygen atoms in total. The number of hydrogen-bond acceptors (Lipinski definition) is 3. The maximum atomic E-state index is 12.3. The predicted molar refractivity (Wildman–Crippen MR) is 98.2 cm³/mol. The van der Waals surface area contributed by atoms with Crippen molar-refractivity contribution in [3.63, 3.8) is 0 Å². The van der Waals surface area contributed by atoms with E-state index in [0.717, 1.165) is 5.56 Å². The Bertz CT molecular complexity index is 941. The molecule has 0 saturated carbocycles. The number of halogens is 1. The number of amides is 1.